The molecule has 124 valence electrons. The number of rotatable bonds is 6. The van der Waals surface area contributed by atoms with Gasteiger partial charge in [-0.25, -0.2) is 4.79 Å². The van der Waals surface area contributed by atoms with Crippen LogP contribution in [0.2, 0.25) is 0 Å². The Morgan fingerprint density at radius 3 is 2.43 bits per heavy atom. The van der Waals surface area contributed by atoms with Gasteiger partial charge in [-0.1, -0.05) is 6.07 Å². The summed E-state index contributed by atoms with van der Waals surface area (Å²) in [6.45, 7) is 0. The number of nitrogens with one attached hydrogen (secondary N) is 1. The SMILES string of the molecule is COC(=O)C[C@H](NC(=O)/C=C/c1ccc(O)c(O)c1)C(=O)OC. The van der Waals surface area contributed by atoms with E-state index < -0.39 is 23.9 Å². The van der Waals surface area contributed by atoms with Crippen LogP contribution in [0.4, 0.5) is 0 Å². The summed E-state index contributed by atoms with van der Waals surface area (Å²) in [7, 11) is 2.30. The lowest BCUT2D eigenvalue weighted by molar-refractivity contribution is -0.150. The maximum absolute atomic E-state index is 11.8. The molecule has 0 aliphatic heterocycles. The highest BCUT2D eigenvalue weighted by Crippen LogP contribution is 2.25. The molecular formula is C15H17NO7. The highest BCUT2D eigenvalue weighted by atomic mass is 16.5. The number of hydrogen-bond donors (Lipinski definition) is 3. The van der Waals surface area contributed by atoms with E-state index in [0.29, 0.717) is 5.56 Å². The molecule has 0 radical (unpaired) electrons. The van der Waals surface area contributed by atoms with Gasteiger partial charge >= 0.3 is 11.9 Å². The van der Waals surface area contributed by atoms with Crippen molar-refractivity contribution < 1.29 is 34.1 Å². The minimum Gasteiger partial charge on any atom is -0.504 e. The number of carbonyl (C=O) groups is 3. The molecule has 0 unspecified atom stereocenters. The van der Waals surface area contributed by atoms with Crippen molar-refractivity contribution in [2.75, 3.05) is 14.2 Å². The molecule has 0 aromatic heterocycles. The molecule has 1 aromatic rings. The van der Waals surface area contributed by atoms with Gasteiger partial charge in [-0.3, -0.25) is 9.59 Å². The highest BCUT2D eigenvalue weighted by molar-refractivity contribution is 5.95. The number of amides is 1. The lowest BCUT2D eigenvalue weighted by atomic mass is 10.1. The summed E-state index contributed by atoms with van der Waals surface area (Å²) in [6.07, 6.45) is 2.11. The number of phenols is 2. The first-order valence-electron chi connectivity index (χ1n) is 6.52. The molecule has 0 spiro atoms. The van der Waals surface area contributed by atoms with Crippen LogP contribution in [0.15, 0.2) is 24.3 Å². The fourth-order valence-corrected chi connectivity index (χ4v) is 1.62. The van der Waals surface area contributed by atoms with Gasteiger partial charge in [-0.15, -0.1) is 0 Å². The Kier molecular flexibility index (Phi) is 6.60. The molecule has 0 fully saturated rings. The standard InChI is InChI=1S/C15H17NO7/c1-22-14(20)8-10(15(21)23-2)16-13(19)6-4-9-3-5-11(17)12(18)7-9/h3-7,10,17-18H,8H2,1-2H3,(H,16,19)/b6-4+/t10-/m0/s1. The van der Waals surface area contributed by atoms with Gasteiger partial charge in [0.15, 0.2) is 11.5 Å². The van der Waals surface area contributed by atoms with E-state index in [4.69, 9.17) is 0 Å². The number of hydrogen-bond acceptors (Lipinski definition) is 7. The van der Waals surface area contributed by atoms with Crippen LogP contribution in [0.25, 0.3) is 6.08 Å². The van der Waals surface area contributed by atoms with Crippen LogP contribution >= 0.6 is 0 Å². The smallest absolute Gasteiger partial charge is 0.328 e. The van der Waals surface area contributed by atoms with Crippen molar-refractivity contribution >= 4 is 23.9 Å². The number of benzene rings is 1. The predicted octanol–water partition coefficient (Wildman–Crippen LogP) is 0.332. The maximum Gasteiger partial charge on any atom is 0.328 e. The number of phenolic OH excluding ortho intramolecular Hbond substituents is 2. The largest absolute Gasteiger partial charge is 0.504 e. The maximum atomic E-state index is 11.8. The molecule has 1 rings (SSSR count). The van der Waals surface area contributed by atoms with Gasteiger partial charge in [0.25, 0.3) is 0 Å². The molecule has 1 amide bonds. The van der Waals surface area contributed by atoms with E-state index in [9.17, 15) is 24.6 Å². The summed E-state index contributed by atoms with van der Waals surface area (Å²) in [5.74, 6) is -2.70. The van der Waals surface area contributed by atoms with E-state index >= 15 is 0 Å². The first-order chi connectivity index (χ1) is 10.9. The van der Waals surface area contributed by atoms with Crippen LogP contribution in [0.5, 0.6) is 11.5 Å². The molecule has 0 aliphatic carbocycles. The zero-order valence-corrected chi connectivity index (χ0v) is 12.6. The number of methoxy groups -OCH3 is 2. The van der Waals surface area contributed by atoms with Crippen molar-refractivity contribution in [1.29, 1.82) is 0 Å². The van der Waals surface area contributed by atoms with Gasteiger partial charge in [0.2, 0.25) is 5.91 Å². The third-order valence-corrected chi connectivity index (χ3v) is 2.83. The predicted molar refractivity (Wildman–Crippen MR) is 79.4 cm³/mol. The second kappa shape index (κ2) is 8.42. The first kappa shape index (κ1) is 18.0. The van der Waals surface area contributed by atoms with E-state index in [-0.39, 0.29) is 17.9 Å². The number of aromatic hydroxyl groups is 2. The van der Waals surface area contributed by atoms with Gasteiger partial charge in [-0.2, -0.15) is 0 Å². The summed E-state index contributed by atoms with van der Waals surface area (Å²) < 4.78 is 8.95. The Morgan fingerprint density at radius 2 is 1.87 bits per heavy atom. The summed E-state index contributed by atoms with van der Waals surface area (Å²) in [5, 5.41) is 20.8. The molecule has 23 heavy (non-hydrogen) atoms. The molecule has 8 nitrogen and oxygen atoms in total. The molecule has 1 atom stereocenters. The minimum atomic E-state index is -1.17. The molecule has 0 heterocycles. The summed E-state index contributed by atoms with van der Waals surface area (Å²) in [6, 6.07) is 2.83. The highest BCUT2D eigenvalue weighted by Gasteiger charge is 2.24. The second-order valence-corrected chi connectivity index (χ2v) is 4.45. The van der Waals surface area contributed by atoms with Crippen molar-refractivity contribution in [2.24, 2.45) is 0 Å². The summed E-state index contributed by atoms with van der Waals surface area (Å²) >= 11 is 0. The van der Waals surface area contributed by atoms with Gasteiger partial charge in [-0.05, 0) is 23.8 Å². The topological polar surface area (TPSA) is 122 Å². The van der Waals surface area contributed by atoms with Crippen molar-refractivity contribution in [2.45, 2.75) is 12.5 Å². The van der Waals surface area contributed by atoms with E-state index in [1.165, 1.54) is 24.3 Å². The van der Waals surface area contributed by atoms with E-state index in [1.807, 2.05) is 0 Å². The molecule has 3 N–H and O–H groups in total. The Balaban J connectivity index is 2.74. The molecular weight excluding hydrogens is 306 g/mol. The van der Waals surface area contributed by atoms with Gasteiger partial charge < -0.3 is 25.0 Å². The molecule has 0 saturated heterocycles. The molecule has 8 heteroatoms. The quantitative estimate of drug-likeness (QED) is 0.392. The monoisotopic (exact) mass is 323 g/mol. The van der Waals surface area contributed by atoms with Crippen molar-refractivity contribution in [3.8, 4) is 11.5 Å². The first-order valence-corrected chi connectivity index (χ1v) is 6.52. The van der Waals surface area contributed by atoms with E-state index in [1.54, 1.807) is 0 Å². The van der Waals surface area contributed by atoms with Crippen LogP contribution in [0.1, 0.15) is 12.0 Å². The Morgan fingerprint density at radius 1 is 1.17 bits per heavy atom. The Labute approximate surface area is 132 Å². The van der Waals surface area contributed by atoms with Gasteiger partial charge in [0, 0.05) is 6.08 Å². The molecule has 0 saturated carbocycles. The third kappa shape index (κ3) is 5.70. The number of esters is 2. The average Bonchev–Trinajstić information content (AvgIpc) is 2.54. The molecule has 1 aromatic carbocycles. The van der Waals surface area contributed by atoms with Crippen LogP contribution < -0.4 is 5.32 Å². The minimum absolute atomic E-state index is 0.282. The zero-order chi connectivity index (χ0) is 17.4. The summed E-state index contributed by atoms with van der Waals surface area (Å²) in [4.78, 5) is 34.5. The average molecular weight is 323 g/mol. The second-order valence-electron chi connectivity index (χ2n) is 4.45. The third-order valence-electron chi connectivity index (χ3n) is 2.83. The fourth-order valence-electron chi connectivity index (χ4n) is 1.62. The van der Waals surface area contributed by atoms with Crippen molar-refractivity contribution in [3.63, 3.8) is 0 Å². The number of ether oxygens (including phenoxy) is 2. The van der Waals surface area contributed by atoms with E-state index in [2.05, 4.69) is 14.8 Å². The lowest BCUT2D eigenvalue weighted by Gasteiger charge is -2.14. The number of carbonyl (C=O) groups excluding carboxylic acids is 3. The van der Waals surface area contributed by atoms with Crippen LogP contribution in [-0.2, 0) is 23.9 Å². The lowest BCUT2D eigenvalue weighted by Crippen LogP contribution is -2.42. The Hall–Kier alpha value is -3.03. The molecule has 0 bridgehead atoms. The van der Waals surface area contributed by atoms with Crippen LogP contribution in [0.3, 0.4) is 0 Å². The van der Waals surface area contributed by atoms with Gasteiger partial charge in [0.1, 0.15) is 6.04 Å². The van der Waals surface area contributed by atoms with E-state index in [0.717, 1.165) is 20.3 Å². The normalized spacial score (nSPS) is 11.7. The fraction of sp³-hybridized carbons (Fsp3) is 0.267. The van der Waals surface area contributed by atoms with Crippen LogP contribution in [0, 0.1) is 0 Å². The molecule has 0 aliphatic rings. The zero-order valence-electron chi connectivity index (χ0n) is 12.6. The van der Waals surface area contributed by atoms with Crippen molar-refractivity contribution in [3.05, 3.63) is 29.8 Å². The van der Waals surface area contributed by atoms with Crippen LogP contribution in [-0.4, -0.2) is 48.3 Å². The van der Waals surface area contributed by atoms with Crippen molar-refractivity contribution in [1.82, 2.24) is 5.32 Å². The summed E-state index contributed by atoms with van der Waals surface area (Å²) in [5.41, 5.74) is 0.457. The Bertz CT molecular complexity index is 624. The van der Waals surface area contributed by atoms with Gasteiger partial charge in [0.05, 0.1) is 20.6 Å².